The third-order valence-electron chi connectivity index (χ3n) is 3.41. The Hall–Kier alpha value is -1.46. The van der Waals surface area contributed by atoms with E-state index in [9.17, 15) is 5.11 Å². The Labute approximate surface area is 158 Å². The van der Waals surface area contributed by atoms with Crippen LogP contribution in [0.3, 0.4) is 0 Å². The third-order valence-corrected chi connectivity index (χ3v) is 3.93. The molecule has 0 unspecified atom stereocenters. The molecule has 0 heterocycles. The van der Waals surface area contributed by atoms with Crippen molar-refractivity contribution >= 4 is 23.2 Å². The van der Waals surface area contributed by atoms with Crippen LogP contribution in [0.25, 0.3) is 0 Å². The van der Waals surface area contributed by atoms with Gasteiger partial charge in [0.25, 0.3) is 0 Å². The summed E-state index contributed by atoms with van der Waals surface area (Å²) in [6.07, 6.45) is -0.401. The van der Waals surface area contributed by atoms with E-state index in [1.165, 1.54) is 0 Å². The van der Waals surface area contributed by atoms with Crippen molar-refractivity contribution in [2.24, 2.45) is 0 Å². The highest BCUT2D eigenvalue weighted by molar-refractivity contribution is 6.32. The molecule has 6 heteroatoms. The fourth-order valence-electron chi connectivity index (χ4n) is 2.33. The lowest BCUT2D eigenvalue weighted by molar-refractivity contribution is 0.191. The number of benzene rings is 2. The predicted octanol–water partition coefficient (Wildman–Crippen LogP) is 4.44. The quantitative estimate of drug-likeness (QED) is 0.671. The lowest BCUT2D eigenvalue weighted by atomic mass is 10.2. The summed E-state index contributed by atoms with van der Waals surface area (Å²) in [4.78, 5) is 0. The van der Waals surface area contributed by atoms with Crippen LogP contribution in [-0.2, 0) is 13.2 Å². The highest BCUT2D eigenvalue weighted by Gasteiger charge is 2.13. The molecule has 0 radical (unpaired) electrons. The summed E-state index contributed by atoms with van der Waals surface area (Å²) in [6.45, 7) is 5.59. The fourth-order valence-corrected chi connectivity index (χ4v) is 2.83. The average Bonchev–Trinajstić information content (AvgIpc) is 2.54. The van der Waals surface area contributed by atoms with Crippen LogP contribution in [0.1, 0.15) is 25.0 Å². The van der Waals surface area contributed by atoms with E-state index in [0.29, 0.717) is 47.8 Å². The van der Waals surface area contributed by atoms with Crippen molar-refractivity contribution in [3.63, 3.8) is 0 Å². The second kappa shape index (κ2) is 9.88. The number of hydrogen-bond donors (Lipinski definition) is 2. The molecule has 0 saturated heterocycles. The highest BCUT2D eigenvalue weighted by atomic mass is 35.5. The zero-order chi connectivity index (χ0) is 18.2. The van der Waals surface area contributed by atoms with Crippen molar-refractivity contribution in [3.8, 4) is 11.5 Å². The summed E-state index contributed by atoms with van der Waals surface area (Å²) in [5.41, 5.74) is 1.91. The lowest BCUT2D eigenvalue weighted by Crippen LogP contribution is -2.23. The second-order valence-corrected chi connectivity index (χ2v) is 6.58. The molecule has 0 saturated carbocycles. The minimum absolute atomic E-state index is 0.347. The maximum absolute atomic E-state index is 9.32. The van der Waals surface area contributed by atoms with E-state index in [2.05, 4.69) is 5.32 Å². The van der Waals surface area contributed by atoms with Crippen molar-refractivity contribution in [1.29, 1.82) is 0 Å². The standard InChI is InChI=1S/C19H23Cl2NO3/c1-3-24-18-9-15(11-22-10-13(2)23)8-17(21)19(18)25-12-14-5-4-6-16(20)7-14/h4-9,13,22-23H,3,10-12H2,1-2H3/t13-/m1/s1. The van der Waals surface area contributed by atoms with Gasteiger partial charge in [0.05, 0.1) is 17.7 Å². The van der Waals surface area contributed by atoms with E-state index in [1.54, 1.807) is 6.92 Å². The largest absolute Gasteiger partial charge is 0.490 e. The van der Waals surface area contributed by atoms with Crippen molar-refractivity contribution < 1.29 is 14.6 Å². The Morgan fingerprint density at radius 1 is 1.12 bits per heavy atom. The molecule has 25 heavy (non-hydrogen) atoms. The monoisotopic (exact) mass is 383 g/mol. The van der Waals surface area contributed by atoms with E-state index >= 15 is 0 Å². The molecule has 0 aromatic heterocycles. The maximum Gasteiger partial charge on any atom is 0.180 e. The molecule has 1 atom stereocenters. The summed E-state index contributed by atoms with van der Waals surface area (Å²) in [6, 6.07) is 11.2. The molecule has 0 aliphatic heterocycles. The number of aliphatic hydroxyl groups is 1. The molecule has 2 rings (SSSR count). The molecule has 0 aliphatic rings. The molecular formula is C19H23Cl2NO3. The minimum Gasteiger partial charge on any atom is -0.490 e. The van der Waals surface area contributed by atoms with Gasteiger partial charge >= 0.3 is 0 Å². The van der Waals surface area contributed by atoms with Crippen LogP contribution in [0.4, 0.5) is 0 Å². The van der Waals surface area contributed by atoms with Crippen LogP contribution in [0, 0.1) is 0 Å². The number of aliphatic hydroxyl groups excluding tert-OH is 1. The molecule has 2 aromatic carbocycles. The molecule has 2 N–H and O–H groups in total. The maximum atomic E-state index is 9.32. The predicted molar refractivity (Wildman–Crippen MR) is 102 cm³/mol. The summed E-state index contributed by atoms with van der Waals surface area (Å²) in [5, 5.41) is 13.6. The first-order valence-electron chi connectivity index (χ1n) is 8.20. The van der Waals surface area contributed by atoms with Crippen LogP contribution >= 0.6 is 23.2 Å². The normalized spacial score (nSPS) is 12.0. The van der Waals surface area contributed by atoms with E-state index in [0.717, 1.165) is 11.1 Å². The average molecular weight is 384 g/mol. The zero-order valence-electron chi connectivity index (χ0n) is 14.4. The molecule has 2 aromatic rings. The number of ether oxygens (including phenoxy) is 2. The first kappa shape index (κ1) is 19.9. The molecule has 0 amide bonds. The van der Waals surface area contributed by atoms with Gasteiger partial charge in [-0.05, 0) is 49.2 Å². The van der Waals surface area contributed by atoms with Crippen LogP contribution in [0.15, 0.2) is 36.4 Å². The number of hydrogen-bond acceptors (Lipinski definition) is 4. The molecule has 0 aliphatic carbocycles. The Morgan fingerprint density at radius 3 is 2.60 bits per heavy atom. The third kappa shape index (κ3) is 6.40. The zero-order valence-corrected chi connectivity index (χ0v) is 15.9. The van der Waals surface area contributed by atoms with Crippen molar-refractivity contribution in [2.45, 2.75) is 33.1 Å². The topological polar surface area (TPSA) is 50.7 Å². The molecule has 0 spiro atoms. The number of halogens is 2. The second-order valence-electron chi connectivity index (χ2n) is 5.74. The smallest absolute Gasteiger partial charge is 0.180 e. The van der Waals surface area contributed by atoms with Crippen LogP contribution in [0.2, 0.25) is 10.0 Å². The van der Waals surface area contributed by atoms with Crippen LogP contribution in [0.5, 0.6) is 11.5 Å². The Morgan fingerprint density at radius 2 is 1.92 bits per heavy atom. The van der Waals surface area contributed by atoms with Crippen molar-refractivity contribution in [2.75, 3.05) is 13.2 Å². The number of rotatable bonds is 9. The SMILES string of the molecule is CCOc1cc(CNC[C@@H](C)O)cc(Cl)c1OCc1cccc(Cl)c1. The van der Waals surface area contributed by atoms with Gasteiger partial charge in [-0.1, -0.05) is 35.3 Å². The van der Waals surface area contributed by atoms with Gasteiger partial charge < -0.3 is 19.9 Å². The van der Waals surface area contributed by atoms with E-state index in [4.69, 9.17) is 32.7 Å². The van der Waals surface area contributed by atoms with E-state index in [1.807, 2.05) is 43.3 Å². The number of nitrogens with one attached hydrogen (secondary N) is 1. The summed E-state index contributed by atoms with van der Waals surface area (Å²) in [7, 11) is 0. The van der Waals surface area contributed by atoms with E-state index < -0.39 is 6.10 Å². The van der Waals surface area contributed by atoms with Gasteiger partial charge in [0, 0.05) is 18.1 Å². The summed E-state index contributed by atoms with van der Waals surface area (Å²) >= 11 is 12.4. The Bertz CT molecular complexity index is 692. The van der Waals surface area contributed by atoms with Crippen molar-refractivity contribution in [1.82, 2.24) is 5.32 Å². The van der Waals surface area contributed by atoms with E-state index in [-0.39, 0.29) is 0 Å². The molecule has 136 valence electrons. The fraction of sp³-hybridized carbons (Fsp3) is 0.368. The molecule has 4 nitrogen and oxygen atoms in total. The first-order chi connectivity index (χ1) is 12.0. The molecular weight excluding hydrogens is 361 g/mol. The lowest BCUT2D eigenvalue weighted by Gasteiger charge is -2.16. The van der Waals surface area contributed by atoms with Gasteiger partial charge in [0.1, 0.15) is 6.61 Å². The van der Waals surface area contributed by atoms with Crippen molar-refractivity contribution in [3.05, 3.63) is 57.6 Å². The van der Waals surface area contributed by atoms with Crippen LogP contribution < -0.4 is 14.8 Å². The van der Waals surface area contributed by atoms with Gasteiger partial charge in [0.2, 0.25) is 0 Å². The van der Waals surface area contributed by atoms with Gasteiger partial charge in [-0.25, -0.2) is 0 Å². The Kier molecular flexibility index (Phi) is 7.85. The van der Waals surface area contributed by atoms with Gasteiger partial charge in [0.15, 0.2) is 11.5 Å². The summed E-state index contributed by atoms with van der Waals surface area (Å²) in [5.74, 6) is 1.12. The van der Waals surface area contributed by atoms with Gasteiger partial charge in [-0.2, -0.15) is 0 Å². The van der Waals surface area contributed by atoms with Gasteiger partial charge in [-0.3, -0.25) is 0 Å². The molecule has 0 fully saturated rings. The Balaban J connectivity index is 2.12. The minimum atomic E-state index is -0.401. The van der Waals surface area contributed by atoms with Crippen LogP contribution in [-0.4, -0.2) is 24.4 Å². The summed E-state index contributed by atoms with van der Waals surface area (Å²) < 4.78 is 11.6. The highest BCUT2D eigenvalue weighted by Crippen LogP contribution is 2.37. The van der Waals surface area contributed by atoms with Gasteiger partial charge in [-0.15, -0.1) is 0 Å². The first-order valence-corrected chi connectivity index (χ1v) is 8.96. The molecule has 0 bridgehead atoms.